The van der Waals surface area contributed by atoms with Crippen molar-refractivity contribution in [2.24, 2.45) is 5.92 Å². The van der Waals surface area contributed by atoms with Gasteiger partial charge in [0.15, 0.2) is 0 Å². The Kier molecular flexibility index (Phi) is 2.87. The van der Waals surface area contributed by atoms with Crippen LogP contribution in [0.1, 0.15) is 44.2 Å². The fraction of sp³-hybridized carbons (Fsp3) is 0.533. The van der Waals surface area contributed by atoms with Crippen molar-refractivity contribution >= 4 is 0 Å². The number of rotatable bonds is 2. The maximum absolute atomic E-state index is 8.89. The summed E-state index contributed by atoms with van der Waals surface area (Å²) in [5.74, 6) is 1.60. The second-order valence-electron chi connectivity index (χ2n) is 5.79. The number of benzene rings is 1. The Morgan fingerprint density at radius 2 is 2.06 bits per heavy atom. The molecule has 0 N–H and O–H groups in total. The molecular formula is C15H19NO. The molecule has 2 nitrogen and oxygen atoms in total. The molecule has 90 valence electrons. The van der Waals surface area contributed by atoms with Gasteiger partial charge in [-0.2, -0.15) is 5.26 Å². The Hall–Kier alpha value is -1.49. The van der Waals surface area contributed by atoms with Crippen molar-refractivity contribution in [2.75, 3.05) is 7.11 Å². The van der Waals surface area contributed by atoms with Gasteiger partial charge in [-0.1, -0.05) is 32.9 Å². The molecule has 0 saturated heterocycles. The first-order valence-corrected chi connectivity index (χ1v) is 6.05. The van der Waals surface area contributed by atoms with Crippen LogP contribution in [0.5, 0.6) is 5.75 Å². The van der Waals surface area contributed by atoms with Crippen LogP contribution in [-0.4, -0.2) is 7.11 Å². The summed E-state index contributed by atoms with van der Waals surface area (Å²) in [5, 5.41) is 8.89. The van der Waals surface area contributed by atoms with Crippen LogP contribution in [0.3, 0.4) is 0 Å². The fourth-order valence-electron chi connectivity index (χ4n) is 2.25. The molecule has 1 saturated carbocycles. The van der Waals surface area contributed by atoms with Crippen LogP contribution >= 0.6 is 0 Å². The zero-order chi connectivity index (χ0) is 12.6. The summed E-state index contributed by atoms with van der Waals surface area (Å²) in [4.78, 5) is 0. The molecule has 2 rings (SSSR count). The number of hydrogen-bond donors (Lipinski definition) is 0. The topological polar surface area (TPSA) is 33.0 Å². The zero-order valence-electron chi connectivity index (χ0n) is 10.9. The molecule has 1 aliphatic carbocycles. The van der Waals surface area contributed by atoms with Gasteiger partial charge in [0.05, 0.1) is 19.1 Å². The summed E-state index contributed by atoms with van der Waals surface area (Å²) < 4.78 is 5.42. The van der Waals surface area contributed by atoms with Gasteiger partial charge >= 0.3 is 0 Å². The lowest BCUT2D eigenvalue weighted by Crippen LogP contribution is -2.13. The molecule has 2 heteroatoms. The summed E-state index contributed by atoms with van der Waals surface area (Å²) in [5.41, 5.74) is 2.57. The Morgan fingerprint density at radius 1 is 1.35 bits per heavy atom. The van der Waals surface area contributed by atoms with Gasteiger partial charge in [0, 0.05) is 5.92 Å². The molecule has 1 aromatic carbocycles. The summed E-state index contributed by atoms with van der Waals surface area (Å²) in [6, 6.07) is 8.68. The van der Waals surface area contributed by atoms with Gasteiger partial charge in [-0.25, -0.2) is 0 Å². The summed E-state index contributed by atoms with van der Waals surface area (Å²) in [7, 11) is 1.71. The molecule has 1 fully saturated rings. The van der Waals surface area contributed by atoms with E-state index in [4.69, 9.17) is 10.00 Å². The number of nitrogens with zero attached hydrogens (tertiary/aromatic N) is 1. The molecule has 1 aromatic rings. The van der Waals surface area contributed by atoms with Crippen LogP contribution in [0.4, 0.5) is 0 Å². The molecule has 0 amide bonds. The van der Waals surface area contributed by atoms with E-state index in [1.165, 1.54) is 11.1 Å². The number of nitriles is 1. The van der Waals surface area contributed by atoms with Crippen LogP contribution in [0, 0.1) is 17.2 Å². The van der Waals surface area contributed by atoms with Crippen molar-refractivity contribution in [3.63, 3.8) is 0 Å². The number of hydrogen-bond acceptors (Lipinski definition) is 2. The van der Waals surface area contributed by atoms with Gasteiger partial charge in [-0.3, -0.25) is 0 Å². The van der Waals surface area contributed by atoms with Gasteiger partial charge in [0.2, 0.25) is 0 Å². The number of ether oxygens (including phenoxy) is 1. The van der Waals surface area contributed by atoms with Crippen molar-refractivity contribution in [2.45, 2.75) is 38.5 Å². The molecule has 2 atom stereocenters. The van der Waals surface area contributed by atoms with Crippen LogP contribution in [-0.2, 0) is 5.41 Å². The maximum Gasteiger partial charge on any atom is 0.122 e. The van der Waals surface area contributed by atoms with Crippen molar-refractivity contribution in [1.29, 1.82) is 5.26 Å². The van der Waals surface area contributed by atoms with Gasteiger partial charge < -0.3 is 4.74 Å². The minimum absolute atomic E-state index is 0.0678. The van der Waals surface area contributed by atoms with Gasteiger partial charge in [0.25, 0.3) is 0 Å². The third kappa shape index (κ3) is 2.29. The van der Waals surface area contributed by atoms with E-state index < -0.39 is 0 Å². The fourth-order valence-corrected chi connectivity index (χ4v) is 2.25. The molecule has 0 heterocycles. The maximum atomic E-state index is 8.89. The Labute approximate surface area is 103 Å². The van der Waals surface area contributed by atoms with Gasteiger partial charge in [0.1, 0.15) is 5.75 Å². The first kappa shape index (κ1) is 12.0. The van der Waals surface area contributed by atoms with E-state index in [0.717, 1.165) is 12.2 Å². The smallest absolute Gasteiger partial charge is 0.122 e. The summed E-state index contributed by atoms with van der Waals surface area (Å²) in [6.07, 6.45) is 1.01. The average molecular weight is 229 g/mol. The van der Waals surface area contributed by atoms with Crippen molar-refractivity contribution in [3.8, 4) is 11.8 Å². The third-order valence-corrected chi connectivity index (χ3v) is 3.42. The van der Waals surface area contributed by atoms with Crippen LogP contribution in [0.25, 0.3) is 0 Å². The minimum atomic E-state index is 0.0678. The highest BCUT2D eigenvalue weighted by Crippen LogP contribution is 2.48. The monoisotopic (exact) mass is 229 g/mol. The second kappa shape index (κ2) is 4.07. The first-order valence-electron chi connectivity index (χ1n) is 6.05. The highest BCUT2D eigenvalue weighted by molar-refractivity contribution is 5.44. The first-order chi connectivity index (χ1) is 7.97. The van der Waals surface area contributed by atoms with Crippen molar-refractivity contribution in [1.82, 2.24) is 0 Å². The molecule has 17 heavy (non-hydrogen) atoms. The van der Waals surface area contributed by atoms with Crippen LogP contribution in [0.15, 0.2) is 18.2 Å². The molecule has 0 spiro atoms. The van der Waals surface area contributed by atoms with E-state index in [0.29, 0.717) is 5.92 Å². The Balaban J connectivity index is 2.37. The highest BCUT2D eigenvalue weighted by atomic mass is 16.5. The largest absolute Gasteiger partial charge is 0.496 e. The molecule has 0 bridgehead atoms. The highest BCUT2D eigenvalue weighted by Gasteiger charge is 2.39. The van der Waals surface area contributed by atoms with Crippen LogP contribution < -0.4 is 4.74 Å². The predicted molar refractivity (Wildman–Crippen MR) is 68.2 cm³/mol. The van der Waals surface area contributed by atoms with Gasteiger partial charge in [-0.05, 0) is 29.0 Å². The van der Waals surface area contributed by atoms with Gasteiger partial charge in [-0.15, -0.1) is 0 Å². The normalized spacial score (nSPS) is 23.0. The van der Waals surface area contributed by atoms with E-state index in [1.807, 2.05) is 6.07 Å². The Morgan fingerprint density at radius 3 is 2.53 bits per heavy atom. The van der Waals surface area contributed by atoms with E-state index in [-0.39, 0.29) is 11.3 Å². The quantitative estimate of drug-likeness (QED) is 0.776. The molecule has 0 aromatic heterocycles. The minimum Gasteiger partial charge on any atom is -0.496 e. The van der Waals surface area contributed by atoms with E-state index >= 15 is 0 Å². The molecular weight excluding hydrogens is 210 g/mol. The average Bonchev–Trinajstić information content (AvgIpc) is 3.06. The van der Waals surface area contributed by atoms with Crippen LogP contribution in [0.2, 0.25) is 0 Å². The van der Waals surface area contributed by atoms with E-state index in [1.54, 1.807) is 7.11 Å². The summed E-state index contributed by atoms with van der Waals surface area (Å²) >= 11 is 0. The number of methoxy groups -OCH3 is 1. The predicted octanol–water partition coefficient (Wildman–Crippen LogP) is 3.62. The summed E-state index contributed by atoms with van der Waals surface area (Å²) in [6.45, 7) is 6.55. The molecule has 0 aliphatic heterocycles. The molecule has 0 radical (unpaired) electrons. The lowest BCUT2D eigenvalue weighted by Gasteiger charge is -2.23. The van der Waals surface area contributed by atoms with Crippen molar-refractivity contribution < 1.29 is 4.74 Å². The zero-order valence-corrected chi connectivity index (χ0v) is 10.9. The van der Waals surface area contributed by atoms with E-state index in [2.05, 4.69) is 39.0 Å². The molecule has 1 aliphatic rings. The lowest BCUT2D eigenvalue weighted by molar-refractivity contribution is 0.397. The van der Waals surface area contributed by atoms with Crippen molar-refractivity contribution in [3.05, 3.63) is 29.3 Å². The molecule has 2 unspecified atom stereocenters. The standard InChI is InChI=1S/C15H19NO/c1-15(2,3)13-8-10(5-6-14(13)17-4)12-7-11(12)9-16/h5-6,8,11-12H,7H2,1-4H3. The van der Waals surface area contributed by atoms with E-state index in [9.17, 15) is 0 Å². The lowest BCUT2D eigenvalue weighted by atomic mass is 9.85. The second-order valence-corrected chi connectivity index (χ2v) is 5.79. The Bertz CT molecular complexity index is 465. The SMILES string of the molecule is COc1ccc(C2CC2C#N)cc1C(C)(C)C. The third-order valence-electron chi connectivity index (χ3n) is 3.42.